The van der Waals surface area contributed by atoms with E-state index in [0.29, 0.717) is 25.9 Å². The molecular weight excluding hydrogens is 224 g/mol. The average molecular weight is 244 g/mol. The number of carbonyl (C=O) groups is 2. The van der Waals surface area contributed by atoms with Crippen LogP contribution in [0.4, 0.5) is 0 Å². The minimum Gasteiger partial charge on any atom is -0.481 e. The smallest absolute Gasteiger partial charge is 0.303 e. The van der Waals surface area contributed by atoms with Crippen LogP contribution in [-0.2, 0) is 14.3 Å². The standard InChI is InChI=1S/C11H20N2O4/c1-13(6-2-3-10(14)15)11(16)9-5-4-8(7-12)17-9/h8-9H,2-7,12H2,1H3,(H,14,15). The molecule has 2 atom stereocenters. The van der Waals surface area contributed by atoms with Crippen LogP contribution in [0.3, 0.4) is 0 Å². The summed E-state index contributed by atoms with van der Waals surface area (Å²) in [7, 11) is 1.67. The number of amides is 1. The van der Waals surface area contributed by atoms with Gasteiger partial charge >= 0.3 is 5.97 Å². The molecule has 1 fully saturated rings. The minimum atomic E-state index is -0.842. The number of rotatable bonds is 6. The van der Waals surface area contributed by atoms with Crippen molar-refractivity contribution < 1.29 is 19.4 Å². The highest BCUT2D eigenvalue weighted by molar-refractivity contribution is 5.81. The molecule has 0 spiro atoms. The van der Waals surface area contributed by atoms with Gasteiger partial charge in [-0.15, -0.1) is 0 Å². The van der Waals surface area contributed by atoms with E-state index in [4.69, 9.17) is 15.6 Å². The van der Waals surface area contributed by atoms with Crippen molar-refractivity contribution in [1.82, 2.24) is 4.90 Å². The summed E-state index contributed by atoms with van der Waals surface area (Å²) in [6, 6.07) is 0. The molecule has 0 radical (unpaired) electrons. The molecule has 3 N–H and O–H groups in total. The van der Waals surface area contributed by atoms with E-state index in [2.05, 4.69) is 0 Å². The van der Waals surface area contributed by atoms with Crippen molar-refractivity contribution in [3.05, 3.63) is 0 Å². The molecule has 0 aromatic rings. The first kappa shape index (κ1) is 13.9. The van der Waals surface area contributed by atoms with Crippen LogP contribution in [0.1, 0.15) is 25.7 Å². The van der Waals surface area contributed by atoms with E-state index in [-0.39, 0.29) is 18.4 Å². The predicted molar refractivity (Wildman–Crippen MR) is 61.5 cm³/mol. The summed E-state index contributed by atoms with van der Waals surface area (Å²) in [6.07, 6.45) is 1.63. The Kier molecular flexibility index (Phi) is 5.37. The Morgan fingerprint density at radius 1 is 1.47 bits per heavy atom. The molecule has 1 aliphatic heterocycles. The lowest BCUT2D eigenvalue weighted by molar-refractivity contribution is -0.142. The maximum absolute atomic E-state index is 11.9. The van der Waals surface area contributed by atoms with Gasteiger partial charge < -0.3 is 20.5 Å². The van der Waals surface area contributed by atoms with Crippen molar-refractivity contribution in [1.29, 1.82) is 0 Å². The fraction of sp³-hybridized carbons (Fsp3) is 0.818. The molecule has 17 heavy (non-hydrogen) atoms. The van der Waals surface area contributed by atoms with Crippen LogP contribution in [0.5, 0.6) is 0 Å². The molecule has 6 heteroatoms. The monoisotopic (exact) mass is 244 g/mol. The van der Waals surface area contributed by atoms with Crippen LogP contribution >= 0.6 is 0 Å². The number of likely N-dealkylation sites (N-methyl/N-ethyl adjacent to an activating group) is 1. The number of nitrogens with two attached hydrogens (primary N) is 1. The summed E-state index contributed by atoms with van der Waals surface area (Å²) in [5.74, 6) is -0.919. The maximum atomic E-state index is 11.9. The molecule has 1 aliphatic rings. The van der Waals surface area contributed by atoms with E-state index in [1.54, 1.807) is 7.05 Å². The van der Waals surface area contributed by atoms with Crippen molar-refractivity contribution in [2.75, 3.05) is 20.1 Å². The summed E-state index contributed by atoms with van der Waals surface area (Å²) in [5, 5.41) is 8.50. The van der Waals surface area contributed by atoms with Crippen LogP contribution in [0.2, 0.25) is 0 Å². The molecule has 98 valence electrons. The van der Waals surface area contributed by atoms with Gasteiger partial charge in [0.25, 0.3) is 5.91 Å². The second-order valence-electron chi connectivity index (χ2n) is 4.32. The number of carbonyl (C=O) groups excluding carboxylic acids is 1. The van der Waals surface area contributed by atoms with Gasteiger partial charge in [-0.25, -0.2) is 0 Å². The van der Waals surface area contributed by atoms with Crippen molar-refractivity contribution in [3.63, 3.8) is 0 Å². The number of carboxylic acids is 1. The van der Waals surface area contributed by atoms with Crippen LogP contribution in [0.25, 0.3) is 0 Å². The number of carboxylic acid groups (broad SMARTS) is 1. The first-order valence-electron chi connectivity index (χ1n) is 5.87. The summed E-state index contributed by atoms with van der Waals surface area (Å²) in [5.41, 5.74) is 5.47. The lowest BCUT2D eigenvalue weighted by atomic mass is 10.2. The highest BCUT2D eigenvalue weighted by Gasteiger charge is 2.31. The Labute approximate surface area is 101 Å². The van der Waals surface area contributed by atoms with Crippen molar-refractivity contribution in [3.8, 4) is 0 Å². The first-order chi connectivity index (χ1) is 8.04. The van der Waals surface area contributed by atoms with Crippen molar-refractivity contribution in [2.45, 2.75) is 37.9 Å². The minimum absolute atomic E-state index is 0.0173. The zero-order valence-electron chi connectivity index (χ0n) is 10.1. The van der Waals surface area contributed by atoms with E-state index in [0.717, 1.165) is 6.42 Å². The molecule has 1 heterocycles. The van der Waals surface area contributed by atoms with Gasteiger partial charge in [-0.05, 0) is 19.3 Å². The SMILES string of the molecule is CN(CCCC(=O)O)C(=O)C1CCC(CN)O1. The summed E-state index contributed by atoms with van der Waals surface area (Å²) in [4.78, 5) is 23.8. The third kappa shape index (κ3) is 4.32. The van der Waals surface area contributed by atoms with E-state index < -0.39 is 12.1 Å². The van der Waals surface area contributed by atoms with Gasteiger partial charge in [0.1, 0.15) is 6.10 Å². The van der Waals surface area contributed by atoms with Crippen molar-refractivity contribution in [2.24, 2.45) is 5.73 Å². The summed E-state index contributed by atoms with van der Waals surface area (Å²) >= 11 is 0. The van der Waals surface area contributed by atoms with Gasteiger partial charge in [0.2, 0.25) is 0 Å². The number of ether oxygens (including phenoxy) is 1. The molecule has 0 bridgehead atoms. The number of nitrogens with zero attached hydrogens (tertiary/aromatic N) is 1. The summed E-state index contributed by atoms with van der Waals surface area (Å²) < 4.78 is 5.49. The van der Waals surface area contributed by atoms with E-state index in [9.17, 15) is 9.59 Å². The Hall–Kier alpha value is -1.14. The predicted octanol–water partition coefficient (Wildman–Crippen LogP) is -0.184. The highest BCUT2D eigenvalue weighted by atomic mass is 16.5. The zero-order chi connectivity index (χ0) is 12.8. The Morgan fingerprint density at radius 3 is 2.71 bits per heavy atom. The molecule has 0 aliphatic carbocycles. The van der Waals surface area contributed by atoms with Gasteiger partial charge in [0.05, 0.1) is 6.10 Å². The van der Waals surface area contributed by atoms with Crippen LogP contribution < -0.4 is 5.73 Å². The molecular formula is C11H20N2O4. The quantitative estimate of drug-likeness (QED) is 0.676. The van der Waals surface area contributed by atoms with E-state index >= 15 is 0 Å². The molecule has 2 unspecified atom stereocenters. The molecule has 1 saturated heterocycles. The molecule has 6 nitrogen and oxygen atoms in total. The molecule has 1 amide bonds. The van der Waals surface area contributed by atoms with Crippen LogP contribution in [-0.4, -0.2) is 54.2 Å². The topological polar surface area (TPSA) is 92.9 Å². The third-order valence-corrected chi connectivity index (χ3v) is 2.91. The average Bonchev–Trinajstić information content (AvgIpc) is 2.75. The normalized spacial score (nSPS) is 23.6. The van der Waals surface area contributed by atoms with Gasteiger partial charge in [0.15, 0.2) is 0 Å². The Balaban J connectivity index is 2.29. The van der Waals surface area contributed by atoms with Gasteiger partial charge in [-0.3, -0.25) is 9.59 Å². The van der Waals surface area contributed by atoms with Crippen molar-refractivity contribution >= 4 is 11.9 Å². The number of aliphatic carboxylic acids is 1. The van der Waals surface area contributed by atoms with Gasteiger partial charge in [0, 0.05) is 26.6 Å². The Bertz CT molecular complexity index is 283. The lowest BCUT2D eigenvalue weighted by Crippen LogP contribution is -2.37. The summed E-state index contributed by atoms with van der Waals surface area (Å²) in [6.45, 7) is 0.880. The molecule has 0 aromatic carbocycles. The number of hydrogen-bond acceptors (Lipinski definition) is 4. The largest absolute Gasteiger partial charge is 0.481 e. The number of hydrogen-bond donors (Lipinski definition) is 2. The van der Waals surface area contributed by atoms with Gasteiger partial charge in [-0.2, -0.15) is 0 Å². The maximum Gasteiger partial charge on any atom is 0.303 e. The first-order valence-corrected chi connectivity index (χ1v) is 5.87. The second-order valence-corrected chi connectivity index (χ2v) is 4.32. The zero-order valence-corrected chi connectivity index (χ0v) is 10.1. The third-order valence-electron chi connectivity index (χ3n) is 2.91. The van der Waals surface area contributed by atoms with E-state index in [1.165, 1.54) is 4.90 Å². The fourth-order valence-corrected chi connectivity index (χ4v) is 1.88. The van der Waals surface area contributed by atoms with Crippen LogP contribution in [0.15, 0.2) is 0 Å². The van der Waals surface area contributed by atoms with E-state index in [1.807, 2.05) is 0 Å². The molecule has 0 aromatic heterocycles. The fourth-order valence-electron chi connectivity index (χ4n) is 1.88. The van der Waals surface area contributed by atoms with Crippen LogP contribution in [0, 0.1) is 0 Å². The molecule has 0 saturated carbocycles. The second kappa shape index (κ2) is 6.56. The highest BCUT2D eigenvalue weighted by Crippen LogP contribution is 2.20. The Morgan fingerprint density at radius 2 is 2.18 bits per heavy atom. The van der Waals surface area contributed by atoms with Gasteiger partial charge in [-0.1, -0.05) is 0 Å². The molecule has 1 rings (SSSR count). The lowest BCUT2D eigenvalue weighted by Gasteiger charge is -2.20.